The quantitative estimate of drug-likeness (QED) is 0.904. The first kappa shape index (κ1) is 12.2. The summed E-state index contributed by atoms with van der Waals surface area (Å²) in [5.74, 6) is 0.911. The molecule has 1 heterocycles. The van der Waals surface area contributed by atoms with Gasteiger partial charge in [-0.2, -0.15) is 0 Å². The van der Waals surface area contributed by atoms with Gasteiger partial charge in [0.2, 0.25) is 0 Å². The molecule has 1 atom stereocenters. The Balaban J connectivity index is 2.00. The molecule has 2 nitrogen and oxygen atoms in total. The fourth-order valence-corrected chi connectivity index (χ4v) is 2.79. The molecule has 1 aliphatic rings. The van der Waals surface area contributed by atoms with Crippen LogP contribution in [0.2, 0.25) is 0 Å². The fourth-order valence-electron chi connectivity index (χ4n) is 2.79. The lowest BCUT2D eigenvalue weighted by Crippen LogP contribution is -2.51. The molecule has 0 fully saturated rings. The van der Waals surface area contributed by atoms with E-state index in [1.54, 1.807) is 0 Å². The van der Waals surface area contributed by atoms with Crippen LogP contribution >= 0.6 is 0 Å². The summed E-state index contributed by atoms with van der Waals surface area (Å²) in [5, 5.41) is 3.56. The van der Waals surface area contributed by atoms with Gasteiger partial charge in [-0.1, -0.05) is 49.4 Å². The average Bonchev–Trinajstić information content (AvgIpc) is 2.49. The van der Waals surface area contributed by atoms with Gasteiger partial charge in [0.05, 0.1) is 0 Å². The van der Waals surface area contributed by atoms with E-state index < -0.39 is 5.72 Å². The second-order valence-corrected chi connectivity index (χ2v) is 4.93. The van der Waals surface area contributed by atoms with E-state index in [9.17, 15) is 0 Å². The van der Waals surface area contributed by atoms with Crippen LogP contribution in [0.5, 0.6) is 5.75 Å². The molecule has 0 aliphatic carbocycles. The monoisotopic (exact) mass is 253 g/mol. The molecule has 0 saturated carbocycles. The molecule has 0 aromatic heterocycles. The molecule has 98 valence electrons. The van der Waals surface area contributed by atoms with Gasteiger partial charge < -0.3 is 4.74 Å². The fraction of sp³-hybridized carbons (Fsp3) is 0.294. The molecule has 0 spiro atoms. The number of rotatable bonds is 3. The van der Waals surface area contributed by atoms with Crippen LogP contribution in [0.25, 0.3) is 0 Å². The Morgan fingerprint density at radius 1 is 1.05 bits per heavy atom. The lowest BCUT2D eigenvalue weighted by molar-refractivity contribution is 0.0183. The molecule has 1 N–H and O–H groups in total. The summed E-state index contributed by atoms with van der Waals surface area (Å²) in [7, 11) is 0. The van der Waals surface area contributed by atoms with E-state index in [0.29, 0.717) is 0 Å². The van der Waals surface area contributed by atoms with Gasteiger partial charge in [0.25, 0.3) is 0 Å². The molecule has 1 unspecified atom stereocenters. The van der Waals surface area contributed by atoms with Crippen molar-refractivity contribution >= 4 is 0 Å². The molecular formula is C17H19NO. The van der Waals surface area contributed by atoms with Crippen molar-refractivity contribution in [1.82, 2.24) is 5.32 Å². The normalized spacial score (nSPS) is 21.7. The molecular weight excluding hydrogens is 234 g/mol. The van der Waals surface area contributed by atoms with Crippen LogP contribution in [0, 0.1) is 0 Å². The summed E-state index contributed by atoms with van der Waals surface area (Å²) >= 11 is 0. The van der Waals surface area contributed by atoms with Gasteiger partial charge in [0.15, 0.2) is 5.72 Å². The number of benzene rings is 2. The first-order valence-corrected chi connectivity index (χ1v) is 6.91. The molecule has 0 bridgehead atoms. The minimum atomic E-state index is -0.393. The zero-order chi connectivity index (χ0) is 13.1. The lowest BCUT2D eigenvalue weighted by Gasteiger charge is -2.39. The van der Waals surface area contributed by atoms with Gasteiger partial charge in [-0.15, -0.1) is 0 Å². The molecule has 19 heavy (non-hydrogen) atoms. The predicted octanol–water partition coefficient (Wildman–Crippen LogP) is 3.47. The second kappa shape index (κ2) is 5.06. The van der Waals surface area contributed by atoms with E-state index >= 15 is 0 Å². The van der Waals surface area contributed by atoms with Crippen LogP contribution in [0.15, 0.2) is 54.6 Å². The number of fused-ring (bicyclic) bond motifs is 1. The Kier molecular flexibility index (Phi) is 3.26. The molecule has 0 amide bonds. The molecule has 3 rings (SSSR count). The molecule has 0 saturated heterocycles. The third-order valence-corrected chi connectivity index (χ3v) is 3.79. The number of hydrogen-bond donors (Lipinski definition) is 1. The first-order chi connectivity index (χ1) is 9.34. The summed E-state index contributed by atoms with van der Waals surface area (Å²) in [5.41, 5.74) is 2.27. The highest BCUT2D eigenvalue weighted by Crippen LogP contribution is 2.33. The van der Waals surface area contributed by atoms with Crippen molar-refractivity contribution in [3.63, 3.8) is 0 Å². The second-order valence-electron chi connectivity index (χ2n) is 4.93. The maximum Gasteiger partial charge on any atom is 0.187 e. The highest BCUT2D eigenvalue weighted by atomic mass is 16.5. The maximum atomic E-state index is 6.31. The van der Waals surface area contributed by atoms with Crippen molar-refractivity contribution in [2.75, 3.05) is 6.54 Å². The van der Waals surface area contributed by atoms with Crippen LogP contribution in [0.3, 0.4) is 0 Å². The molecule has 1 aliphatic heterocycles. The summed E-state index contributed by atoms with van der Waals surface area (Å²) in [6.07, 6.45) is 1.97. The maximum absolute atomic E-state index is 6.31. The van der Waals surface area contributed by atoms with Gasteiger partial charge in [0, 0.05) is 18.5 Å². The van der Waals surface area contributed by atoms with Gasteiger partial charge in [-0.25, -0.2) is 0 Å². The van der Waals surface area contributed by atoms with Crippen LogP contribution in [0.1, 0.15) is 24.5 Å². The van der Waals surface area contributed by atoms with Gasteiger partial charge in [-0.3, -0.25) is 5.32 Å². The molecule has 2 aromatic carbocycles. The number of nitrogens with one attached hydrogen (secondary N) is 1. The van der Waals surface area contributed by atoms with Crippen molar-refractivity contribution in [1.29, 1.82) is 0 Å². The SMILES string of the molecule is CCC1(Oc2ccccc2)NCCc2ccccc21. The minimum absolute atomic E-state index is 0.393. The van der Waals surface area contributed by atoms with E-state index in [1.165, 1.54) is 11.1 Å². The number of ether oxygens (including phenoxy) is 1. The summed E-state index contributed by atoms with van der Waals surface area (Å²) in [6, 6.07) is 18.6. The standard InChI is InChI=1S/C17H19NO/c1-2-17(19-15-9-4-3-5-10-15)16-11-7-6-8-14(16)12-13-18-17/h3-11,18H,2,12-13H2,1H3. The van der Waals surface area contributed by atoms with Gasteiger partial charge >= 0.3 is 0 Å². The smallest absolute Gasteiger partial charge is 0.187 e. The predicted molar refractivity (Wildman–Crippen MR) is 77.2 cm³/mol. The minimum Gasteiger partial charge on any atom is -0.469 e. The van der Waals surface area contributed by atoms with Crippen LogP contribution in [-0.4, -0.2) is 6.54 Å². The zero-order valence-electron chi connectivity index (χ0n) is 11.2. The Morgan fingerprint density at radius 3 is 2.58 bits per heavy atom. The van der Waals surface area contributed by atoms with Crippen molar-refractivity contribution in [3.8, 4) is 5.75 Å². The van der Waals surface area contributed by atoms with E-state index in [2.05, 4.69) is 36.5 Å². The Hall–Kier alpha value is -1.80. The Labute approximate surface area is 114 Å². The van der Waals surface area contributed by atoms with Crippen molar-refractivity contribution in [3.05, 3.63) is 65.7 Å². The summed E-state index contributed by atoms with van der Waals surface area (Å²) in [6.45, 7) is 3.12. The molecule has 0 radical (unpaired) electrons. The summed E-state index contributed by atoms with van der Waals surface area (Å²) in [4.78, 5) is 0. The Bertz CT molecular complexity index is 552. The first-order valence-electron chi connectivity index (χ1n) is 6.91. The highest BCUT2D eigenvalue weighted by Gasteiger charge is 2.36. The largest absolute Gasteiger partial charge is 0.469 e. The number of hydrogen-bond acceptors (Lipinski definition) is 2. The third-order valence-electron chi connectivity index (χ3n) is 3.79. The average molecular weight is 253 g/mol. The van der Waals surface area contributed by atoms with E-state index in [0.717, 1.165) is 25.1 Å². The third kappa shape index (κ3) is 2.24. The topological polar surface area (TPSA) is 21.3 Å². The van der Waals surface area contributed by atoms with Gasteiger partial charge in [0.1, 0.15) is 5.75 Å². The molecule has 2 aromatic rings. The van der Waals surface area contributed by atoms with Crippen molar-refractivity contribution in [2.45, 2.75) is 25.5 Å². The number of para-hydroxylation sites is 1. The van der Waals surface area contributed by atoms with Crippen LogP contribution in [0.4, 0.5) is 0 Å². The molecule has 2 heteroatoms. The highest BCUT2D eigenvalue weighted by molar-refractivity contribution is 5.36. The van der Waals surface area contributed by atoms with Crippen LogP contribution < -0.4 is 10.1 Å². The van der Waals surface area contributed by atoms with Crippen molar-refractivity contribution < 1.29 is 4.74 Å². The van der Waals surface area contributed by atoms with E-state index in [1.807, 2.05) is 30.3 Å². The van der Waals surface area contributed by atoms with E-state index in [-0.39, 0.29) is 0 Å². The van der Waals surface area contributed by atoms with Gasteiger partial charge in [-0.05, 0) is 24.1 Å². The van der Waals surface area contributed by atoms with Crippen molar-refractivity contribution in [2.24, 2.45) is 0 Å². The van der Waals surface area contributed by atoms with E-state index in [4.69, 9.17) is 4.74 Å². The summed E-state index contributed by atoms with van der Waals surface area (Å²) < 4.78 is 6.31. The Morgan fingerprint density at radius 2 is 1.79 bits per heavy atom. The lowest BCUT2D eigenvalue weighted by atomic mass is 9.89. The zero-order valence-corrected chi connectivity index (χ0v) is 11.2. The van der Waals surface area contributed by atoms with Crippen LogP contribution in [-0.2, 0) is 12.1 Å².